The van der Waals surface area contributed by atoms with E-state index in [0.29, 0.717) is 28.3 Å². The van der Waals surface area contributed by atoms with E-state index in [0.717, 1.165) is 183 Å². The number of para-hydroxylation sites is 2. The van der Waals surface area contributed by atoms with Gasteiger partial charge in [-0.3, -0.25) is 0 Å². The number of halogens is 1. The Balaban J connectivity index is 0.000000132. The number of fused-ring (bicyclic) bond motifs is 12. The van der Waals surface area contributed by atoms with Crippen molar-refractivity contribution in [3.8, 4) is 112 Å². The summed E-state index contributed by atoms with van der Waals surface area (Å²) in [6.45, 7) is 3.69. The Morgan fingerprint density at radius 1 is 0.238 bits per heavy atom. The molecule has 0 atom stereocenters. The number of aryl methyl sites for hydroxylation is 6. The van der Waals surface area contributed by atoms with Crippen LogP contribution >= 0.6 is 0 Å². The molecule has 0 unspecified atom stereocenters. The van der Waals surface area contributed by atoms with Crippen molar-refractivity contribution in [2.75, 3.05) is 0 Å². The Morgan fingerprint density at radius 3 is 0.980 bits per heavy atom. The second-order valence-electron chi connectivity index (χ2n) is 33.0. The predicted octanol–water partition coefficient (Wildman–Crippen LogP) is 32.1. The van der Waals surface area contributed by atoms with Crippen LogP contribution in [0.1, 0.15) is 41.9 Å². The molecule has 12 aromatic carbocycles. The maximum atomic E-state index is 13.2. The van der Waals surface area contributed by atoms with Gasteiger partial charge in [0.1, 0.15) is 17.0 Å². The fraction of sp³-hybridized carbons (Fsp3) is 0.0469. The van der Waals surface area contributed by atoms with Crippen molar-refractivity contribution >= 4 is 88.0 Å². The molecule has 0 aliphatic rings. The maximum Gasteiger partial charge on any atom is 0.216 e. The number of furan rings is 4. The van der Waals surface area contributed by atoms with Crippen LogP contribution in [-0.2, 0) is 80.4 Å². The number of aromatic nitrogens is 10. The van der Waals surface area contributed by atoms with Crippen molar-refractivity contribution < 1.29 is 111 Å². The molecular weight excluding hydrogens is 2530 g/mol. The molecule has 19 heteroatoms. The fourth-order valence-electron chi connectivity index (χ4n) is 15.9. The minimum Gasteiger partial charge on any atom is -0.501 e. The summed E-state index contributed by atoms with van der Waals surface area (Å²) in [5.74, 6) is -0.254. The van der Waals surface area contributed by atoms with E-state index in [2.05, 4.69) is 160 Å². The van der Waals surface area contributed by atoms with Crippen LogP contribution in [0.15, 0.2) is 449 Å². The SMILES string of the molecule is Cc1ccc(-c2[c-]ccc3c2oc2ccccc23)nc1.Cc1ccc(-c2ccnc(-c3[c-]ccc4c3oc3nc(C)ccc34)c2)cc1.Cc1ccc2c(n1)oc1c(-c3cc(-c4ccc(F)cc4)ccn3)[c-]ccc12.[2H]C([2H])([2H])c1c[c-]c(-c2ccc(C([2H])([2H])[2H])cn2)cc1.[Ir].[Ir].[Ir].[Ir].[c-]1ccc2c(oc3ccccc32)c1-c1ccccn1.[c-]1ccccc1-c1ccccn1.[c-]1ccccc1-c1ccccn1.[c-]1ccccc1-c1ccccn1. The third-order valence-corrected chi connectivity index (χ3v) is 23.0. The van der Waals surface area contributed by atoms with E-state index in [4.69, 9.17) is 25.9 Å². The Morgan fingerprint density at radius 2 is 0.585 bits per heavy atom. The van der Waals surface area contributed by atoms with Gasteiger partial charge < -0.3 is 57.5 Å². The first kappa shape index (κ1) is 97.0. The molecule has 14 nitrogen and oxygen atoms in total. The quantitative estimate of drug-likeness (QED) is 0.118. The van der Waals surface area contributed by atoms with Gasteiger partial charge in [0.25, 0.3) is 0 Å². The molecule has 0 aliphatic carbocycles. The zero-order chi connectivity index (χ0) is 103. The first-order chi connectivity index (χ1) is 72.7. The average molecular weight is 2630 g/mol. The smallest absolute Gasteiger partial charge is 0.216 e. The molecule has 147 heavy (non-hydrogen) atoms. The van der Waals surface area contributed by atoms with E-state index in [1.807, 2.05) is 306 Å². The van der Waals surface area contributed by atoms with Gasteiger partial charge in [0.2, 0.25) is 11.4 Å². The summed E-state index contributed by atoms with van der Waals surface area (Å²) in [6.07, 6.45) is 13.9. The minimum absolute atomic E-state index is 0. The Kier molecular flexibility index (Phi) is 33.6. The van der Waals surface area contributed by atoms with E-state index in [1.54, 1.807) is 55.2 Å². The van der Waals surface area contributed by atoms with Crippen molar-refractivity contribution in [3.63, 3.8) is 0 Å². The van der Waals surface area contributed by atoms with Crippen LogP contribution in [0.2, 0.25) is 0 Å². The fourth-order valence-corrected chi connectivity index (χ4v) is 15.9. The monoisotopic (exact) mass is 2630 g/mol. The largest absolute Gasteiger partial charge is 0.501 e. The summed E-state index contributed by atoms with van der Waals surface area (Å²) in [5, 5.41) is 8.48. The van der Waals surface area contributed by atoms with Gasteiger partial charge in [-0.15, -0.1) is 216 Å². The standard InChI is InChI=1S/C24H17N2O.C23H14FN2O.C18H12NO.C17H10NO.C13H12N.3C11H8N.4Ir/c1-15-6-9-17(10-7-15)18-12-13-25-22(14-18)21-5-3-4-19-20-11-8-16(2)26-24(20)27-23(19)21;1-14-5-10-19-18-3-2-4-20(22(18)27-23(19)26-14)21-13-16(11-12-25-21)15-6-8-17(24)9-7-15;1-12-9-10-16(19-11-12)15-7-4-6-14-13-5-2-3-8-17(13)20-18(14)15;1-2-10-16-12(6-1)13-7-5-8-14(17(13)19-16)15-9-3-4-11-18-15;1-10-3-6-12(7-4-10)13-8-5-11(2)9-14-13;3*1-2-6-10(7-3-1)11-8-4-5-9-12-11;;;;/h3-4,6-14H,1-2H3;2-3,5-13H,1H3;2-6,8-11H,1H3;1-7,9-11H;3-6,8-9H,1-2H3;3*1-6,8-9H;;;;/q8*-1;;;;/i;;;;1D3,2D3;;;;;;;. The van der Waals surface area contributed by atoms with Crippen molar-refractivity contribution in [1.82, 2.24) is 49.8 Å². The van der Waals surface area contributed by atoms with E-state index >= 15 is 0 Å². The normalized spacial score (nSPS) is 11.2. The second-order valence-corrected chi connectivity index (χ2v) is 33.0. The summed E-state index contributed by atoms with van der Waals surface area (Å²) < 4.78 is 81.0. The van der Waals surface area contributed by atoms with Crippen molar-refractivity contribution in [2.24, 2.45) is 0 Å². The number of rotatable bonds is 10. The minimum atomic E-state index is -2.18. The van der Waals surface area contributed by atoms with Crippen LogP contribution in [0.3, 0.4) is 0 Å². The first-order valence-electron chi connectivity index (χ1n) is 49.0. The third kappa shape index (κ3) is 26.0. The van der Waals surface area contributed by atoms with Gasteiger partial charge in [0, 0.05) is 171 Å². The Bertz CT molecular complexity index is 8470. The van der Waals surface area contributed by atoms with Gasteiger partial charge in [0.15, 0.2) is 0 Å². The topological polar surface area (TPSA) is 181 Å². The van der Waals surface area contributed by atoms with E-state index in [9.17, 15) is 4.39 Å². The van der Waals surface area contributed by atoms with Crippen LogP contribution < -0.4 is 0 Å². The van der Waals surface area contributed by atoms with Gasteiger partial charge >= 0.3 is 0 Å². The third-order valence-electron chi connectivity index (χ3n) is 23.0. The molecule has 26 aromatic rings. The molecule has 4 radical (unpaired) electrons. The molecule has 0 aliphatic heterocycles. The molecule has 0 bridgehead atoms. The van der Waals surface area contributed by atoms with Gasteiger partial charge in [-0.25, -0.2) is 14.4 Å². The number of hydrogen-bond donors (Lipinski definition) is 0. The number of pyridine rings is 10. The van der Waals surface area contributed by atoms with Crippen LogP contribution in [0, 0.1) is 95.7 Å². The van der Waals surface area contributed by atoms with Gasteiger partial charge in [-0.1, -0.05) is 214 Å². The van der Waals surface area contributed by atoms with Crippen molar-refractivity contribution in [1.29, 1.82) is 0 Å². The van der Waals surface area contributed by atoms with Crippen molar-refractivity contribution in [2.45, 2.75) is 41.4 Å². The molecule has 0 fully saturated rings. The van der Waals surface area contributed by atoms with Crippen LogP contribution in [0.4, 0.5) is 4.39 Å². The molecule has 0 spiro atoms. The summed E-state index contributed by atoms with van der Waals surface area (Å²) in [7, 11) is 0. The molecule has 726 valence electrons. The van der Waals surface area contributed by atoms with Crippen LogP contribution in [0.5, 0.6) is 0 Å². The zero-order valence-electron chi connectivity index (χ0n) is 85.3. The maximum absolute atomic E-state index is 13.2. The van der Waals surface area contributed by atoms with Crippen LogP contribution in [0.25, 0.3) is 200 Å². The molecule has 26 rings (SSSR count). The second kappa shape index (κ2) is 50.9. The zero-order valence-corrected chi connectivity index (χ0v) is 88.9. The predicted molar refractivity (Wildman–Crippen MR) is 572 cm³/mol. The van der Waals surface area contributed by atoms with Gasteiger partial charge in [-0.2, -0.15) is 0 Å². The van der Waals surface area contributed by atoms with Crippen molar-refractivity contribution in [3.05, 3.63) is 520 Å². The summed E-state index contributed by atoms with van der Waals surface area (Å²) >= 11 is 0. The first-order valence-corrected chi connectivity index (χ1v) is 46.0. The molecule has 14 aromatic heterocycles. The number of hydrogen-bond acceptors (Lipinski definition) is 14. The summed E-state index contributed by atoms with van der Waals surface area (Å²) in [6, 6.07) is 147. The summed E-state index contributed by atoms with van der Waals surface area (Å²) in [4.78, 5) is 43.7. The molecule has 0 saturated carbocycles. The van der Waals surface area contributed by atoms with Gasteiger partial charge in [-0.05, 0) is 198 Å². The van der Waals surface area contributed by atoms with Gasteiger partial charge in [0.05, 0.1) is 22.3 Å². The molecule has 0 saturated heterocycles. The molecule has 0 N–H and O–H groups in total. The average Bonchev–Trinajstić information content (AvgIpc) is 1.62. The summed E-state index contributed by atoms with van der Waals surface area (Å²) in [5.41, 5.74) is 29.1. The molecule has 0 amide bonds. The number of nitrogens with zero attached hydrogens (tertiary/aromatic N) is 10. The number of benzene rings is 12. The van der Waals surface area contributed by atoms with E-state index < -0.39 is 13.7 Å². The molecule has 14 heterocycles. The Labute approximate surface area is 914 Å². The Hall–Kier alpha value is -16.1. The molecular formula is C128H89FIr4N10O4-8. The van der Waals surface area contributed by atoms with E-state index in [-0.39, 0.29) is 97.4 Å². The van der Waals surface area contributed by atoms with E-state index in [1.165, 1.54) is 47.7 Å². The van der Waals surface area contributed by atoms with Crippen LogP contribution in [-0.4, -0.2) is 49.8 Å².